The van der Waals surface area contributed by atoms with Crippen LogP contribution in [0.1, 0.15) is 19.8 Å². The van der Waals surface area contributed by atoms with Gasteiger partial charge < -0.3 is 10.4 Å². The number of carbonyl (C=O) groups excluding carboxylic acids is 3. The summed E-state index contributed by atoms with van der Waals surface area (Å²) >= 11 is 3.86. The van der Waals surface area contributed by atoms with Crippen molar-refractivity contribution in [3.8, 4) is 0 Å². The standard InChI is InChI=1S/C14H18N2O5S/c1-7(11(17)15-10(6-22)14(20)21)16-12(18)8-4-2-3-5-9(8)13(16)19/h2-3,7-10,22H,4-6H2,1H3,(H,15,17)(H,20,21)/t7-,8-,9-,10-/m0/s1. The lowest BCUT2D eigenvalue weighted by atomic mass is 9.85. The third-order valence-corrected chi connectivity index (χ3v) is 4.47. The molecule has 4 atom stereocenters. The highest BCUT2D eigenvalue weighted by molar-refractivity contribution is 7.80. The summed E-state index contributed by atoms with van der Waals surface area (Å²) in [7, 11) is 0. The Kier molecular flexibility index (Phi) is 4.90. The number of thiol groups is 1. The minimum atomic E-state index is -1.22. The van der Waals surface area contributed by atoms with Crippen molar-refractivity contribution in [3.63, 3.8) is 0 Å². The summed E-state index contributed by atoms with van der Waals surface area (Å²) in [4.78, 5) is 48.7. The van der Waals surface area contributed by atoms with Crippen LogP contribution >= 0.6 is 12.6 Å². The van der Waals surface area contributed by atoms with E-state index >= 15 is 0 Å². The van der Waals surface area contributed by atoms with Gasteiger partial charge in [0.05, 0.1) is 11.8 Å². The van der Waals surface area contributed by atoms with E-state index in [-0.39, 0.29) is 17.6 Å². The Morgan fingerprint density at radius 1 is 1.32 bits per heavy atom. The molecule has 2 aliphatic rings. The van der Waals surface area contributed by atoms with Crippen LogP contribution in [0.2, 0.25) is 0 Å². The minimum Gasteiger partial charge on any atom is -0.480 e. The van der Waals surface area contributed by atoms with E-state index in [1.165, 1.54) is 6.92 Å². The molecule has 0 bridgehead atoms. The van der Waals surface area contributed by atoms with Crippen molar-refractivity contribution in [2.75, 3.05) is 5.75 Å². The number of nitrogens with zero attached hydrogens (tertiary/aromatic N) is 1. The van der Waals surface area contributed by atoms with Crippen molar-refractivity contribution < 1.29 is 24.3 Å². The summed E-state index contributed by atoms with van der Waals surface area (Å²) in [5.74, 6) is -3.51. The summed E-state index contributed by atoms with van der Waals surface area (Å²) in [5.41, 5.74) is 0. The van der Waals surface area contributed by atoms with Gasteiger partial charge in [0.2, 0.25) is 17.7 Å². The van der Waals surface area contributed by atoms with Gasteiger partial charge in [0.25, 0.3) is 0 Å². The van der Waals surface area contributed by atoms with Crippen LogP contribution in [0, 0.1) is 11.8 Å². The van der Waals surface area contributed by atoms with E-state index < -0.39 is 35.8 Å². The van der Waals surface area contributed by atoms with E-state index in [4.69, 9.17) is 5.11 Å². The second-order valence-electron chi connectivity index (χ2n) is 5.46. The number of nitrogens with one attached hydrogen (secondary N) is 1. The number of hydrogen-bond donors (Lipinski definition) is 3. The molecule has 1 heterocycles. The summed E-state index contributed by atoms with van der Waals surface area (Å²) in [6.45, 7) is 1.42. The van der Waals surface area contributed by atoms with Crippen molar-refractivity contribution in [2.45, 2.75) is 31.8 Å². The Labute approximate surface area is 133 Å². The van der Waals surface area contributed by atoms with Gasteiger partial charge in [-0.05, 0) is 19.8 Å². The van der Waals surface area contributed by atoms with Crippen LogP contribution in [-0.2, 0) is 19.2 Å². The Morgan fingerprint density at radius 3 is 2.23 bits per heavy atom. The lowest BCUT2D eigenvalue weighted by Crippen LogP contribution is -2.52. The number of amides is 3. The van der Waals surface area contributed by atoms with Crippen LogP contribution in [0.3, 0.4) is 0 Å². The van der Waals surface area contributed by atoms with Crippen molar-refractivity contribution >= 4 is 36.3 Å². The van der Waals surface area contributed by atoms with Crippen molar-refractivity contribution in [2.24, 2.45) is 11.8 Å². The Bertz CT molecular complexity index is 521. The zero-order valence-corrected chi connectivity index (χ0v) is 13.0. The lowest BCUT2D eigenvalue weighted by Gasteiger charge is -2.23. The predicted molar refractivity (Wildman–Crippen MR) is 80.1 cm³/mol. The monoisotopic (exact) mass is 326 g/mol. The number of carbonyl (C=O) groups is 4. The number of carboxylic acids is 1. The Morgan fingerprint density at radius 2 is 1.82 bits per heavy atom. The molecule has 1 saturated heterocycles. The topological polar surface area (TPSA) is 104 Å². The van der Waals surface area contributed by atoms with E-state index in [2.05, 4.69) is 17.9 Å². The molecule has 2 N–H and O–H groups in total. The molecular weight excluding hydrogens is 308 g/mol. The first kappa shape index (κ1) is 16.5. The second-order valence-corrected chi connectivity index (χ2v) is 5.83. The van der Waals surface area contributed by atoms with E-state index in [1.54, 1.807) is 0 Å². The van der Waals surface area contributed by atoms with Crippen molar-refractivity contribution in [1.29, 1.82) is 0 Å². The SMILES string of the molecule is C[C@@H](C(=O)N[C@@H](CS)C(=O)O)N1C(=O)[C@H]2CC=CC[C@@H]2C1=O. The molecule has 120 valence electrons. The van der Waals surface area contributed by atoms with Gasteiger partial charge in [0.15, 0.2) is 0 Å². The van der Waals surface area contributed by atoms with Crippen LogP contribution in [0.25, 0.3) is 0 Å². The number of imide groups is 1. The molecule has 0 spiro atoms. The minimum absolute atomic E-state index is 0.0785. The van der Waals surface area contributed by atoms with E-state index in [0.717, 1.165) is 4.90 Å². The molecular formula is C14H18N2O5S. The molecule has 0 radical (unpaired) electrons. The summed E-state index contributed by atoms with van der Waals surface area (Å²) in [5, 5.41) is 11.2. The smallest absolute Gasteiger partial charge is 0.327 e. The maximum absolute atomic E-state index is 12.3. The molecule has 0 aromatic rings. The highest BCUT2D eigenvalue weighted by atomic mass is 32.1. The third kappa shape index (κ3) is 2.87. The summed E-state index contributed by atoms with van der Waals surface area (Å²) in [6.07, 6.45) is 4.72. The maximum atomic E-state index is 12.3. The third-order valence-electron chi connectivity index (χ3n) is 4.11. The number of hydrogen-bond acceptors (Lipinski definition) is 5. The van der Waals surface area contributed by atoms with E-state index in [1.807, 2.05) is 12.2 Å². The fourth-order valence-electron chi connectivity index (χ4n) is 2.80. The Hall–Kier alpha value is -1.83. The van der Waals surface area contributed by atoms with Crippen LogP contribution in [-0.4, -0.2) is 51.5 Å². The summed E-state index contributed by atoms with van der Waals surface area (Å²) < 4.78 is 0. The molecule has 1 fully saturated rings. The molecule has 1 aliphatic heterocycles. The molecule has 22 heavy (non-hydrogen) atoms. The molecule has 0 aromatic heterocycles. The highest BCUT2D eigenvalue weighted by Gasteiger charge is 2.50. The second kappa shape index (κ2) is 6.51. The van der Waals surface area contributed by atoms with Gasteiger partial charge in [-0.2, -0.15) is 12.6 Å². The van der Waals surface area contributed by atoms with Crippen LogP contribution in [0.4, 0.5) is 0 Å². The molecule has 0 unspecified atom stereocenters. The van der Waals surface area contributed by atoms with Crippen LogP contribution in [0.15, 0.2) is 12.2 Å². The molecule has 0 saturated carbocycles. The lowest BCUT2D eigenvalue weighted by molar-refractivity contribution is -0.148. The van der Waals surface area contributed by atoms with Gasteiger partial charge in [-0.15, -0.1) is 0 Å². The van der Waals surface area contributed by atoms with E-state index in [9.17, 15) is 19.2 Å². The first-order chi connectivity index (χ1) is 10.4. The molecule has 0 aromatic carbocycles. The summed E-state index contributed by atoms with van der Waals surface area (Å²) in [6, 6.07) is -2.19. The van der Waals surface area contributed by atoms with Crippen LogP contribution < -0.4 is 5.32 Å². The zero-order chi connectivity index (χ0) is 16.4. The van der Waals surface area contributed by atoms with Gasteiger partial charge in [0, 0.05) is 5.75 Å². The molecule has 7 nitrogen and oxygen atoms in total. The number of aliphatic carboxylic acids is 1. The maximum Gasteiger partial charge on any atom is 0.327 e. The predicted octanol–water partition coefficient (Wildman–Crippen LogP) is -0.175. The first-order valence-electron chi connectivity index (χ1n) is 7.04. The number of allylic oxidation sites excluding steroid dienone is 2. The molecule has 8 heteroatoms. The van der Waals surface area contributed by atoms with Gasteiger partial charge >= 0.3 is 5.97 Å². The molecule has 1 aliphatic carbocycles. The quantitative estimate of drug-likeness (QED) is 0.369. The average molecular weight is 326 g/mol. The fourth-order valence-corrected chi connectivity index (χ4v) is 3.05. The highest BCUT2D eigenvalue weighted by Crippen LogP contribution is 2.36. The molecule has 2 rings (SSSR count). The number of likely N-dealkylation sites (tertiary alicyclic amines) is 1. The number of carboxylic acid groups (broad SMARTS) is 1. The van der Waals surface area contributed by atoms with Crippen LogP contribution in [0.5, 0.6) is 0 Å². The fraction of sp³-hybridized carbons (Fsp3) is 0.571. The zero-order valence-electron chi connectivity index (χ0n) is 12.1. The van der Waals surface area contributed by atoms with Crippen molar-refractivity contribution in [3.05, 3.63) is 12.2 Å². The first-order valence-corrected chi connectivity index (χ1v) is 7.67. The normalized spacial score (nSPS) is 26.5. The van der Waals surface area contributed by atoms with Gasteiger partial charge in [-0.3, -0.25) is 19.3 Å². The van der Waals surface area contributed by atoms with Gasteiger partial charge in [0.1, 0.15) is 12.1 Å². The molecule has 3 amide bonds. The van der Waals surface area contributed by atoms with Crippen molar-refractivity contribution in [1.82, 2.24) is 10.2 Å². The number of rotatable bonds is 5. The van der Waals surface area contributed by atoms with Gasteiger partial charge in [-0.1, -0.05) is 12.2 Å². The largest absolute Gasteiger partial charge is 0.480 e. The van der Waals surface area contributed by atoms with E-state index in [0.29, 0.717) is 12.8 Å². The Balaban J connectivity index is 2.10. The van der Waals surface area contributed by atoms with Gasteiger partial charge in [-0.25, -0.2) is 4.79 Å². The average Bonchev–Trinajstić information content (AvgIpc) is 2.75. The number of fused-ring (bicyclic) bond motifs is 1.